The highest BCUT2D eigenvalue weighted by Crippen LogP contribution is 2.37. The van der Waals surface area contributed by atoms with Crippen LogP contribution in [0.4, 0.5) is 8.78 Å². The molecule has 1 aliphatic heterocycles. The van der Waals surface area contributed by atoms with Crippen molar-refractivity contribution in [3.63, 3.8) is 0 Å². The summed E-state index contributed by atoms with van der Waals surface area (Å²) in [5.41, 5.74) is 2.03. The van der Waals surface area contributed by atoms with E-state index < -0.39 is 38.2 Å². The lowest BCUT2D eigenvalue weighted by Gasteiger charge is -2.34. The number of ether oxygens (including phenoxy) is 3. The predicted molar refractivity (Wildman–Crippen MR) is 151 cm³/mol. The largest absolute Gasteiger partial charge is 0.483 e. The van der Waals surface area contributed by atoms with E-state index in [1.54, 1.807) is 12.1 Å². The second-order valence-corrected chi connectivity index (χ2v) is 14.4. The van der Waals surface area contributed by atoms with E-state index in [-0.39, 0.29) is 11.2 Å². The topological polar surface area (TPSA) is 82.1 Å². The fraction of sp³-hybridized carbons (Fsp3) is 0.400. The van der Waals surface area contributed by atoms with Crippen LogP contribution in [0.2, 0.25) is 0 Å². The monoisotopic (exact) mass is 593 g/mol. The molecule has 0 bridgehead atoms. The molecule has 0 amide bonds. The molecule has 0 spiro atoms. The molecule has 2 atom stereocenters. The molecule has 1 fully saturated rings. The first-order valence-electron chi connectivity index (χ1n) is 13.0. The van der Waals surface area contributed by atoms with E-state index in [4.69, 9.17) is 18.8 Å². The molecule has 40 heavy (non-hydrogen) atoms. The number of hydrogen-bond acceptors (Lipinski definition) is 5. The van der Waals surface area contributed by atoms with Gasteiger partial charge in [0.05, 0.1) is 24.1 Å². The summed E-state index contributed by atoms with van der Waals surface area (Å²) in [5.74, 6) is -0.767. The van der Waals surface area contributed by atoms with Gasteiger partial charge in [-0.2, -0.15) is 17.2 Å². The lowest BCUT2D eigenvalue weighted by atomic mass is 9.87. The molecule has 3 aromatic carbocycles. The van der Waals surface area contributed by atoms with Crippen LogP contribution in [0.1, 0.15) is 52.2 Å². The molecule has 0 aliphatic carbocycles. The van der Waals surface area contributed by atoms with Crippen molar-refractivity contribution < 1.29 is 36.0 Å². The van der Waals surface area contributed by atoms with Crippen molar-refractivity contribution in [2.75, 3.05) is 13.2 Å². The lowest BCUT2D eigenvalue weighted by Crippen LogP contribution is -2.42. The van der Waals surface area contributed by atoms with E-state index in [0.29, 0.717) is 13.2 Å². The lowest BCUT2D eigenvalue weighted by molar-refractivity contribution is -0.264. The number of alkyl halides is 2. The van der Waals surface area contributed by atoms with E-state index in [1.807, 2.05) is 37.3 Å². The fourth-order valence-corrected chi connectivity index (χ4v) is 6.90. The van der Waals surface area contributed by atoms with Gasteiger partial charge in [-0.3, -0.25) is 4.55 Å². The first-order chi connectivity index (χ1) is 18.6. The molecule has 216 valence electrons. The van der Waals surface area contributed by atoms with E-state index in [1.165, 1.54) is 11.6 Å². The van der Waals surface area contributed by atoms with Crippen molar-refractivity contribution in [3.8, 4) is 5.75 Å². The minimum Gasteiger partial charge on any atom is -0.483 e. The summed E-state index contributed by atoms with van der Waals surface area (Å²) >= 11 is 0. The number of rotatable bonds is 8. The molecular formula is C30H35F2O6S2+. The van der Waals surface area contributed by atoms with Gasteiger partial charge in [0, 0.05) is 11.6 Å². The van der Waals surface area contributed by atoms with Gasteiger partial charge in [0.15, 0.2) is 26.6 Å². The van der Waals surface area contributed by atoms with Crippen LogP contribution in [-0.4, -0.2) is 37.5 Å². The van der Waals surface area contributed by atoms with Crippen LogP contribution in [0.5, 0.6) is 5.75 Å². The van der Waals surface area contributed by atoms with Gasteiger partial charge in [-0.25, -0.2) is 0 Å². The Morgan fingerprint density at radius 2 is 1.48 bits per heavy atom. The van der Waals surface area contributed by atoms with Crippen LogP contribution in [0.15, 0.2) is 87.5 Å². The summed E-state index contributed by atoms with van der Waals surface area (Å²) < 4.78 is 76.9. The molecule has 1 saturated heterocycles. The molecule has 1 heterocycles. The zero-order valence-corrected chi connectivity index (χ0v) is 24.8. The van der Waals surface area contributed by atoms with Gasteiger partial charge in [0.25, 0.3) is 0 Å². The molecule has 1 aliphatic rings. The highest BCUT2D eigenvalue weighted by Gasteiger charge is 2.51. The second-order valence-electron chi connectivity index (χ2n) is 10.9. The van der Waals surface area contributed by atoms with Crippen molar-refractivity contribution in [1.29, 1.82) is 0 Å². The maximum absolute atomic E-state index is 14.2. The molecule has 0 saturated carbocycles. The normalized spacial score (nSPS) is 17.7. The Morgan fingerprint density at radius 1 is 0.925 bits per heavy atom. The van der Waals surface area contributed by atoms with Gasteiger partial charge in [0.1, 0.15) is 5.75 Å². The summed E-state index contributed by atoms with van der Waals surface area (Å²) in [6, 6.07) is 22.9. The fourth-order valence-electron chi connectivity index (χ4n) is 4.35. The SMILES string of the molecule is CC(Oc1cccc([S+](c2ccc(C(C)(C)C)cc2)c2ccc(C3(C)OCCCO3)cc2)c1)C(F)(F)S(=O)(=O)O. The highest BCUT2D eigenvalue weighted by atomic mass is 32.2. The molecule has 10 heteroatoms. The Hall–Kier alpha value is -2.50. The van der Waals surface area contributed by atoms with Gasteiger partial charge in [-0.05, 0) is 79.8 Å². The third-order valence-corrected chi connectivity index (χ3v) is 10.0. The summed E-state index contributed by atoms with van der Waals surface area (Å²) in [6.45, 7) is 10.5. The maximum Gasteiger partial charge on any atom is 0.405 e. The molecule has 1 N–H and O–H groups in total. The van der Waals surface area contributed by atoms with Crippen molar-refractivity contribution >= 4 is 21.0 Å². The number of halogens is 2. The van der Waals surface area contributed by atoms with Crippen LogP contribution in [0.3, 0.4) is 0 Å². The van der Waals surface area contributed by atoms with Crippen LogP contribution in [0.25, 0.3) is 0 Å². The first-order valence-corrected chi connectivity index (χ1v) is 15.6. The first kappa shape index (κ1) is 30.5. The second kappa shape index (κ2) is 11.4. The van der Waals surface area contributed by atoms with Gasteiger partial charge >= 0.3 is 15.4 Å². The third-order valence-electron chi connectivity index (χ3n) is 6.79. The van der Waals surface area contributed by atoms with Crippen LogP contribution in [-0.2, 0) is 41.7 Å². The van der Waals surface area contributed by atoms with E-state index in [2.05, 4.69) is 45.0 Å². The summed E-state index contributed by atoms with van der Waals surface area (Å²) in [6.07, 6.45) is -1.27. The molecule has 2 unspecified atom stereocenters. The van der Waals surface area contributed by atoms with Crippen molar-refractivity contribution in [2.24, 2.45) is 0 Å². The Bertz CT molecular complexity index is 1410. The smallest absolute Gasteiger partial charge is 0.405 e. The summed E-state index contributed by atoms with van der Waals surface area (Å²) in [4.78, 5) is 2.76. The Balaban J connectivity index is 1.73. The van der Waals surface area contributed by atoms with Crippen molar-refractivity contribution in [2.45, 2.75) is 78.3 Å². The van der Waals surface area contributed by atoms with Crippen molar-refractivity contribution in [3.05, 3.63) is 83.9 Å². The third kappa shape index (κ3) is 6.52. The van der Waals surface area contributed by atoms with Crippen molar-refractivity contribution in [1.82, 2.24) is 0 Å². The number of hydrogen-bond donors (Lipinski definition) is 1. The van der Waals surface area contributed by atoms with E-state index >= 15 is 0 Å². The van der Waals surface area contributed by atoms with Gasteiger partial charge in [-0.15, -0.1) is 0 Å². The molecular weight excluding hydrogens is 558 g/mol. The molecule has 3 aromatic rings. The van der Waals surface area contributed by atoms with Gasteiger partial charge in [-0.1, -0.05) is 39.0 Å². The van der Waals surface area contributed by atoms with Crippen LogP contribution in [0, 0.1) is 0 Å². The van der Waals surface area contributed by atoms with Gasteiger partial charge in [0.2, 0.25) is 0 Å². The average Bonchev–Trinajstić information content (AvgIpc) is 2.89. The van der Waals surface area contributed by atoms with E-state index in [0.717, 1.165) is 33.6 Å². The van der Waals surface area contributed by atoms with Crippen LogP contribution < -0.4 is 4.74 Å². The molecule has 6 nitrogen and oxygen atoms in total. The quantitative estimate of drug-likeness (QED) is 0.225. The zero-order chi connectivity index (χ0) is 29.3. The molecule has 4 rings (SSSR count). The standard InChI is InChI=1S/C30H34F2O6S2/c1-21(30(31,32)40(33,34)35)38-24-8-6-9-27(20-24)39(25-14-10-22(11-15-25)28(2,3)4)26-16-12-23(13-17-26)29(5)36-18-7-19-37-29/h6,8-17,20-21H,7,18-19H2,1-5H3/p+1. The molecule has 0 radical (unpaired) electrons. The Labute approximate surface area is 237 Å². The minimum absolute atomic E-state index is 0.0314. The van der Waals surface area contributed by atoms with E-state index in [9.17, 15) is 17.2 Å². The highest BCUT2D eigenvalue weighted by molar-refractivity contribution is 7.97. The van der Waals surface area contributed by atoms with Gasteiger partial charge < -0.3 is 14.2 Å². The maximum atomic E-state index is 14.2. The summed E-state index contributed by atoms with van der Waals surface area (Å²) in [5, 5.41) is -4.47. The Kier molecular flexibility index (Phi) is 8.69. The summed E-state index contributed by atoms with van der Waals surface area (Å²) in [7, 11) is -6.30. The number of benzene rings is 3. The zero-order valence-electron chi connectivity index (χ0n) is 23.2. The van der Waals surface area contributed by atoms with Crippen LogP contribution >= 0.6 is 0 Å². The average molecular weight is 594 g/mol. The molecule has 0 aromatic heterocycles. The predicted octanol–water partition coefficient (Wildman–Crippen LogP) is 6.94. The Morgan fingerprint density at radius 3 is 2.00 bits per heavy atom. The minimum atomic E-state index is -5.65.